The van der Waals surface area contributed by atoms with Crippen molar-refractivity contribution in [2.24, 2.45) is 0 Å². The Balaban J connectivity index is 1.83. The summed E-state index contributed by atoms with van der Waals surface area (Å²) in [5.41, 5.74) is 0.942. The predicted octanol–water partition coefficient (Wildman–Crippen LogP) is 7.11. The molecule has 0 bridgehead atoms. The molecule has 0 fully saturated rings. The first-order valence-electron chi connectivity index (χ1n) is 9.22. The van der Waals surface area contributed by atoms with Gasteiger partial charge >= 0.3 is 0 Å². The maximum Gasteiger partial charge on any atom is 0.263 e. The average Bonchev–Trinajstić information content (AvgIpc) is 2.74. The highest BCUT2D eigenvalue weighted by Gasteiger charge is 2.22. The number of hydrogen-bond donors (Lipinski definition) is 2. The lowest BCUT2D eigenvalue weighted by atomic mass is 10.1. The summed E-state index contributed by atoms with van der Waals surface area (Å²) in [6, 6.07) is 21.1. The molecular weight excluding hydrogens is 473 g/mol. The lowest BCUT2D eigenvalue weighted by Gasteiger charge is -2.16. The van der Waals surface area contributed by atoms with E-state index in [4.69, 9.17) is 23.2 Å². The van der Waals surface area contributed by atoms with Crippen molar-refractivity contribution >= 4 is 61.4 Å². The molecule has 0 aliphatic heterocycles. The van der Waals surface area contributed by atoms with Gasteiger partial charge in [-0.1, -0.05) is 77.4 Å². The first-order chi connectivity index (χ1) is 14.8. The van der Waals surface area contributed by atoms with Crippen molar-refractivity contribution in [3.63, 3.8) is 0 Å². The fourth-order valence-corrected chi connectivity index (χ4v) is 5.98. The second-order valence-corrected chi connectivity index (χ2v) is 10.4. The molecule has 0 unspecified atom stereocenters. The van der Waals surface area contributed by atoms with Crippen LogP contribution in [-0.2, 0) is 10.0 Å². The Kier molecular flexibility index (Phi) is 6.08. The molecule has 0 aromatic heterocycles. The van der Waals surface area contributed by atoms with E-state index in [0.717, 1.165) is 4.90 Å². The van der Waals surface area contributed by atoms with Gasteiger partial charge in [-0.05, 0) is 42.8 Å². The number of phenols is 1. The SMILES string of the molecule is Cc1cc(S(=O)(=O)Nc2cc(Sc3ccccc3)c(O)c3ccccc23)c(Cl)cc1Cl. The van der Waals surface area contributed by atoms with Crippen LogP contribution < -0.4 is 4.72 Å². The molecule has 31 heavy (non-hydrogen) atoms. The Hall–Kier alpha value is -2.38. The Bertz CT molecular complexity index is 1390. The van der Waals surface area contributed by atoms with Gasteiger partial charge in [-0.25, -0.2) is 8.42 Å². The molecule has 8 heteroatoms. The van der Waals surface area contributed by atoms with Gasteiger partial charge in [0.1, 0.15) is 10.6 Å². The Morgan fingerprint density at radius 1 is 0.871 bits per heavy atom. The van der Waals surface area contributed by atoms with E-state index in [2.05, 4.69) is 4.72 Å². The minimum absolute atomic E-state index is 0.0325. The minimum atomic E-state index is -4.01. The van der Waals surface area contributed by atoms with Crippen molar-refractivity contribution in [3.8, 4) is 5.75 Å². The van der Waals surface area contributed by atoms with Crippen LogP contribution in [0.15, 0.2) is 87.5 Å². The maximum absolute atomic E-state index is 13.2. The number of anilines is 1. The molecule has 0 heterocycles. The molecular formula is C23H17Cl2NO3S2. The lowest BCUT2D eigenvalue weighted by Crippen LogP contribution is -2.14. The van der Waals surface area contributed by atoms with Crippen LogP contribution in [0.4, 0.5) is 5.69 Å². The van der Waals surface area contributed by atoms with E-state index in [1.807, 2.05) is 30.3 Å². The fourth-order valence-electron chi connectivity index (χ4n) is 3.15. The minimum Gasteiger partial charge on any atom is -0.506 e. The topological polar surface area (TPSA) is 66.4 Å². The summed E-state index contributed by atoms with van der Waals surface area (Å²) in [6.45, 7) is 1.71. The van der Waals surface area contributed by atoms with Crippen molar-refractivity contribution in [3.05, 3.63) is 88.4 Å². The average molecular weight is 490 g/mol. The number of aromatic hydroxyl groups is 1. The van der Waals surface area contributed by atoms with Gasteiger partial charge in [0.2, 0.25) is 0 Å². The molecule has 0 spiro atoms. The molecule has 158 valence electrons. The van der Waals surface area contributed by atoms with Crippen LogP contribution in [0.5, 0.6) is 5.75 Å². The fraction of sp³-hybridized carbons (Fsp3) is 0.0435. The van der Waals surface area contributed by atoms with E-state index >= 15 is 0 Å². The number of fused-ring (bicyclic) bond motifs is 1. The summed E-state index contributed by atoms with van der Waals surface area (Å²) in [5, 5.41) is 12.4. The summed E-state index contributed by atoms with van der Waals surface area (Å²) < 4.78 is 29.0. The normalized spacial score (nSPS) is 11.6. The number of sulfonamides is 1. The molecule has 0 saturated heterocycles. The third-order valence-corrected chi connectivity index (χ3v) is 7.98. The molecule has 0 aliphatic carbocycles. The van der Waals surface area contributed by atoms with E-state index in [1.165, 1.54) is 23.9 Å². The highest BCUT2D eigenvalue weighted by molar-refractivity contribution is 7.99. The second kappa shape index (κ2) is 8.63. The van der Waals surface area contributed by atoms with Crippen LogP contribution in [0.1, 0.15) is 5.56 Å². The van der Waals surface area contributed by atoms with Crippen LogP contribution in [0.2, 0.25) is 10.0 Å². The zero-order valence-electron chi connectivity index (χ0n) is 16.3. The van der Waals surface area contributed by atoms with Crippen LogP contribution in [0.25, 0.3) is 10.8 Å². The first kappa shape index (κ1) is 21.8. The Morgan fingerprint density at radius 2 is 1.52 bits per heavy atom. The van der Waals surface area contributed by atoms with Gasteiger partial charge in [0.25, 0.3) is 10.0 Å². The summed E-state index contributed by atoms with van der Waals surface area (Å²) >= 11 is 13.6. The van der Waals surface area contributed by atoms with Crippen LogP contribution in [-0.4, -0.2) is 13.5 Å². The van der Waals surface area contributed by atoms with Gasteiger partial charge < -0.3 is 5.11 Å². The Labute approximate surface area is 194 Å². The number of rotatable bonds is 5. The molecule has 0 amide bonds. The van der Waals surface area contributed by atoms with Gasteiger partial charge in [-0.2, -0.15) is 0 Å². The molecule has 0 aliphatic rings. The third-order valence-electron chi connectivity index (χ3n) is 4.70. The van der Waals surface area contributed by atoms with Crippen molar-refractivity contribution in [2.45, 2.75) is 21.6 Å². The van der Waals surface area contributed by atoms with Crippen molar-refractivity contribution in [2.75, 3.05) is 4.72 Å². The maximum atomic E-state index is 13.2. The number of halogens is 2. The van der Waals surface area contributed by atoms with Crippen molar-refractivity contribution < 1.29 is 13.5 Å². The standard InChI is InChI=1S/C23H17Cl2NO3S2/c1-14-11-22(19(25)12-18(14)24)31(28,29)26-20-13-21(30-15-7-3-2-4-8-15)23(27)17-10-6-5-9-16(17)20/h2-13,26-27H,1H3. The number of hydrogen-bond acceptors (Lipinski definition) is 4. The van der Waals surface area contributed by atoms with Gasteiger partial charge in [0.15, 0.2) is 0 Å². The van der Waals surface area contributed by atoms with E-state index in [0.29, 0.717) is 31.9 Å². The van der Waals surface area contributed by atoms with Crippen molar-refractivity contribution in [1.82, 2.24) is 0 Å². The number of aryl methyl sites for hydroxylation is 1. The summed E-state index contributed by atoms with van der Waals surface area (Å²) in [5.74, 6) is 0.0905. The molecule has 4 aromatic rings. The number of phenolic OH excluding ortho intramolecular Hbond substituents is 1. The highest BCUT2D eigenvalue weighted by Crippen LogP contribution is 2.43. The zero-order valence-corrected chi connectivity index (χ0v) is 19.4. The molecule has 2 N–H and O–H groups in total. The van der Waals surface area contributed by atoms with Crippen molar-refractivity contribution in [1.29, 1.82) is 0 Å². The second-order valence-electron chi connectivity index (χ2n) is 6.87. The third kappa shape index (κ3) is 4.48. The molecule has 0 atom stereocenters. The molecule has 0 saturated carbocycles. The van der Waals surface area contributed by atoms with Gasteiger partial charge in [-0.3, -0.25) is 4.72 Å². The van der Waals surface area contributed by atoms with Gasteiger partial charge in [0, 0.05) is 20.7 Å². The summed E-state index contributed by atoms with van der Waals surface area (Å²) in [7, 11) is -4.01. The zero-order chi connectivity index (χ0) is 22.2. The lowest BCUT2D eigenvalue weighted by molar-refractivity contribution is 0.469. The van der Waals surface area contributed by atoms with Gasteiger partial charge in [0.05, 0.1) is 15.6 Å². The largest absolute Gasteiger partial charge is 0.506 e. The predicted molar refractivity (Wildman–Crippen MR) is 128 cm³/mol. The molecule has 4 aromatic carbocycles. The van der Waals surface area contributed by atoms with Gasteiger partial charge in [-0.15, -0.1) is 0 Å². The van der Waals surface area contributed by atoms with E-state index in [9.17, 15) is 13.5 Å². The van der Waals surface area contributed by atoms with E-state index in [-0.39, 0.29) is 15.7 Å². The van der Waals surface area contributed by atoms with Crippen LogP contribution in [0.3, 0.4) is 0 Å². The molecule has 4 rings (SSSR count). The molecule has 4 nitrogen and oxygen atoms in total. The summed E-state index contributed by atoms with van der Waals surface area (Å²) in [4.78, 5) is 1.38. The number of nitrogens with one attached hydrogen (secondary N) is 1. The highest BCUT2D eigenvalue weighted by atomic mass is 35.5. The summed E-state index contributed by atoms with van der Waals surface area (Å²) in [6.07, 6.45) is 0. The monoisotopic (exact) mass is 489 g/mol. The molecule has 0 radical (unpaired) electrons. The quantitative estimate of drug-likeness (QED) is 0.293. The van der Waals surface area contributed by atoms with Crippen LogP contribution >= 0.6 is 35.0 Å². The van der Waals surface area contributed by atoms with E-state index in [1.54, 1.807) is 37.3 Å². The first-order valence-corrected chi connectivity index (χ1v) is 12.3. The van der Waals surface area contributed by atoms with Crippen LogP contribution in [0, 0.1) is 6.92 Å². The number of benzene rings is 4. The van der Waals surface area contributed by atoms with E-state index < -0.39 is 10.0 Å². The smallest absolute Gasteiger partial charge is 0.263 e. The Morgan fingerprint density at radius 3 is 2.23 bits per heavy atom.